The number of aryl methyl sites for hydroxylation is 2. The molecule has 6 nitrogen and oxygen atoms in total. The summed E-state index contributed by atoms with van der Waals surface area (Å²) in [7, 11) is 4.01. The highest BCUT2D eigenvalue weighted by Gasteiger charge is 2.22. The van der Waals surface area contributed by atoms with Crippen LogP contribution in [-0.2, 0) is 17.6 Å². The average molecular weight is 372 g/mol. The zero-order valence-corrected chi connectivity index (χ0v) is 16.6. The molecule has 0 unspecified atom stereocenters. The van der Waals surface area contributed by atoms with E-state index in [1.54, 1.807) is 6.92 Å². The van der Waals surface area contributed by atoms with Crippen LogP contribution in [0.2, 0.25) is 0 Å². The molecule has 0 radical (unpaired) electrons. The number of ether oxygens (including phenoxy) is 1. The minimum atomic E-state index is -0.623. The molecule has 1 aliphatic rings. The Hall–Kier alpha value is -2.34. The Bertz CT molecular complexity index is 901. The van der Waals surface area contributed by atoms with Crippen LogP contribution < -0.4 is 15.7 Å². The largest absolute Gasteiger partial charge is 0.480 e. The zero-order chi connectivity index (χ0) is 19.6. The number of nitrogens with zero attached hydrogens (tertiary/aromatic N) is 1. The smallest absolute Gasteiger partial charge is 0.339 e. The zero-order valence-electron chi connectivity index (χ0n) is 16.6. The third-order valence-corrected chi connectivity index (χ3v) is 5.09. The van der Waals surface area contributed by atoms with Gasteiger partial charge < -0.3 is 19.4 Å². The molecule has 1 aromatic heterocycles. The normalized spacial score (nSPS) is 14.4. The lowest BCUT2D eigenvalue weighted by molar-refractivity contribution is -0.127. The number of hydrogen-bond acceptors (Lipinski definition) is 5. The molecule has 1 aliphatic carbocycles. The van der Waals surface area contributed by atoms with Gasteiger partial charge in [0.15, 0.2) is 6.10 Å². The number of hydrogen-bond donors (Lipinski definition) is 1. The summed E-state index contributed by atoms with van der Waals surface area (Å²) in [6.07, 6.45) is 2.94. The van der Waals surface area contributed by atoms with Crippen molar-refractivity contribution in [3.05, 3.63) is 39.2 Å². The lowest BCUT2D eigenvalue weighted by atomic mass is 10.0. The van der Waals surface area contributed by atoms with Crippen molar-refractivity contribution in [1.29, 1.82) is 0 Å². The van der Waals surface area contributed by atoms with Crippen molar-refractivity contribution in [2.75, 3.05) is 27.2 Å². The predicted octanol–water partition coefficient (Wildman–Crippen LogP) is 2.43. The van der Waals surface area contributed by atoms with Gasteiger partial charge in [-0.05, 0) is 77.9 Å². The van der Waals surface area contributed by atoms with Crippen LogP contribution in [0.25, 0.3) is 11.0 Å². The highest BCUT2D eigenvalue weighted by molar-refractivity contribution is 5.86. The average Bonchev–Trinajstić information content (AvgIpc) is 3.12. The van der Waals surface area contributed by atoms with E-state index in [1.807, 2.05) is 33.2 Å². The van der Waals surface area contributed by atoms with E-state index < -0.39 is 6.10 Å². The number of carbonyl (C=O) groups excluding carboxylic acids is 1. The lowest BCUT2D eigenvalue weighted by Crippen LogP contribution is -2.37. The van der Waals surface area contributed by atoms with Crippen LogP contribution in [0.15, 0.2) is 21.3 Å². The first-order valence-corrected chi connectivity index (χ1v) is 9.55. The molecule has 0 saturated heterocycles. The quantitative estimate of drug-likeness (QED) is 0.597. The topological polar surface area (TPSA) is 71.8 Å². The second-order valence-electron chi connectivity index (χ2n) is 7.47. The molecule has 3 rings (SSSR count). The molecule has 27 heavy (non-hydrogen) atoms. The Kier molecular flexibility index (Phi) is 5.85. The Morgan fingerprint density at radius 3 is 2.78 bits per heavy atom. The van der Waals surface area contributed by atoms with E-state index in [2.05, 4.69) is 10.2 Å². The summed E-state index contributed by atoms with van der Waals surface area (Å²) >= 11 is 0. The fourth-order valence-electron chi connectivity index (χ4n) is 3.59. The van der Waals surface area contributed by atoms with E-state index in [0.717, 1.165) is 54.3 Å². The molecule has 1 atom stereocenters. The second-order valence-corrected chi connectivity index (χ2v) is 7.47. The van der Waals surface area contributed by atoms with Gasteiger partial charge in [-0.2, -0.15) is 0 Å². The minimum absolute atomic E-state index is 0.149. The maximum Gasteiger partial charge on any atom is 0.339 e. The Morgan fingerprint density at radius 2 is 2.04 bits per heavy atom. The monoisotopic (exact) mass is 372 g/mol. The maximum absolute atomic E-state index is 12.3. The standard InChI is InChI=1S/C21H28N2O4/c1-13-18(26-14(2)20(24)22-11-6-12-23(3)4)10-9-16-15-7-5-8-17(15)21(25)27-19(13)16/h9-10,14H,5-8,11-12H2,1-4H3,(H,22,24)/t14-/m1/s1. The van der Waals surface area contributed by atoms with Gasteiger partial charge in [0.25, 0.3) is 5.91 Å². The first-order chi connectivity index (χ1) is 12.9. The minimum Gasteiger partial charge on any atom is -0.480 e. The molecule has 0 saturated carbocycles. The van der Waals surface area contributed by atoms with Crippen molar-refractivity contribution < 1.29 is 13.9 Å². The van der Waals surface area contributed by atoms with Crippen molar-refractivity contribution in [2.45, 2.75) is 45.6 Å². The molecular weight excluding hydrogens is 344 g/mol. The van der Waals surface area contributed by atoms with E-state index in [4.69, 9.17) is 9.15 Å². The van der Waals surface area contributed by atoms with Gasteiger partial charge in [0, 0.05) is 23.1 Å². The molecule has 0 bridgehead atoms. The molecule has 1 amide bonds. The van der Waals surface area contributed by atoms with Gasteiger partial charge in [-0.15, -0.1) is 0 Å². The number of amides is 1. The molecule has 6 heteroatoms. The van der Waals surface area contributed by atoms with E-state index in [9.17, 15) is 9.59 Å². The first kappa shape index (κ1) is 19.4. The van der Waals surface area contributed by atoms with Gasteiger partial charge in [-0.1, -0.05) is 0 Å². The number of nitrogens with one attached hydrogen (secondary N) is 1. The van der Waals surface area contributed by atoms with Crippen LogP contribution in [0.5, 0.6) is 5.75 Å². The van der Waals surface area contributed by atoms with Gasteiger partial charge in [-0.3, -0.25) is 4.79 Å². The van der Waals surface area contributed by atoms with Crippen LogP contribution in [0.3, 0.4) is 0 Å². The molecule has 0 fully saturated rings. The fraction of sp³-hybridized carbons (Fsp3) is 0.524. The summed E-state index contributed by atoms with van der Waals surface area (Å²) in [6.45, 7) is 5.12. The Balaban J connectivity index is 1.74. The van der Waals surface area contributed by atoms with Crippen LogP contribution in [0.4, 0.5) is 0 Å². The summed E-state index contributed by atoms with van der Waals surface area (Å²) in [5.74, 6) is 0.420. The van der Waals surface area contributed by atoms with E-state index in [0.29, 0.717) is 17.9 Å². The van der Waals surface area contributed by atoms with Crippen molar-refractivity contribution in [2.24, 2.45) is 0 Å². The van der Waals surface area contributed by atoms with Crippen molar-refractivity contribution >= 4 is 16.9 Å². The van der Waals surface area contributed by atoms with Crippen LogP contribution in [0.1, 0.15) is 36.5 Å². The summed E-state index contributed by atoms with van der Waals surface area (Å²) in [4.78, 5) is 26.6. The van der Waals surface area contributed by atoms with E-state index >= 15 is 0 Å². The van der Waals surface area contributed by atoms with Gasteiger partial charge in [0.05, 0.1) is 0 Å². The van der Waals surface area contributed by atoms with Crippen molar-refractivity contribution in [1.82, 2.24) is 10.2 Å². The Labute approximate surface area is 159 Å². The molecule has 2 aromatic rings. The molecule has 1 N–H and O–H groups in total. The van der Waals surface area contributed by atoms with Crippen molar-refractivity contribution in [3.8, 4) is 5.75 Å². The van der Waals surface area contributed by atoms with E-state index in [-0.39, 0.29) is 11.5 Å². The third kappa shape index (κ3) is 4.16. The van der Waals surface area contributed by atoms with Gasteiger partial charge in [-0.25, -0.2) is 4.79 Å². The molecule has 146 valence electrons. The Morgan fingerprint density at radius 1 is 1.30 bits per heavy atom. The van der Waals surface area contributed by atoms with Crippen LogP contribution in [0, 0.1) is 6.92 Å². The molecule has 0 aliphatic heterocycles. The molecular formula is C21H28N2O4. The SMILES string of the molecule is Cc1c(O[C@H](C)C(=O)NCCCN(C)C)ccc2c3c(c(=O)oc12)CCC3. The summed E-state index contributed by atoms with van der Waals surface area (Å²) in [6, 6.07) is 3.80. The summed E-state index contributed by atoms with van der Waals surface area (Å²) in [5.41, 5.74) is 2.98. The van der Waals surface area contributed by atoms with Gasteiger partial charge in [0.2, 0.25) is 0 Å². The number of rotatable bonds is 7. The second kappa shape index (κ2) is 8.13. The fourth-order valence-corrected chi connectivity index (χ4v) is 3.59. The molecule has 0 spiro atoms. The van der Waals surface area contributed by atoms with E-state index in [1.165, 1.54) is 0 Å². The van der Waals surface area contributed by atoms with Crippen LogP contribution in [-0.4, -0.2) is 44.1 Å². The first-order valence-electron chi connectivity index (χ1n) is 9.55. The highest BCUT2D eigenvalue weighted by atomic mass is 16.5. The van der Waals surface area contributed by atoms with Gasteiger partial charge >= 0.3 is 5.63 Å². The highest BCUT2D eigenvalue weighted by Crippen LogP contribution is 2.33. The predicted molar refractivity (Wildman–Crippen MR) is 106 cm³/mol. The lowest BCUT2D eigenvalue weighted by Gasteiger charge is -2.17. The third-order valence-electron chi connectivity index (χ3n) is 5.09. The van der Waals surface area contributed by atoms with Crippen molar-refractivity contribution in [3.63, 3.8) is 0 Å². The summed E-state index contributed by atoms with van der Waals surface area (Å²) in [5, 5.41) is 3.87. The summed E-state index contributed by atoms with van der Waals surface area (Å²) < 4.78 is 11.4. The number of benzene rings is 1. The maximum atomic E-state index is 12.3. The number of fused-ring (bicyclic) bond motifs is 3. The van der Waals surface area contributed by atoms with Gasteiger partial charge in [0.1, 0.15) is 11.3 Å². The van der Waals surface area contributed by atoms with Crippen LogP contribution >= 0.6 is 0 Å². The molecule has 1 aromatic carbocycles. The molecule has 1 heterocycles. The number of carbonyl (C=O) groups is 1.